The molecule has 2 aliphatic heterocycles. The molecule has 0 aromatic heterocycles. The molecule has 2 aliphatic rings. The number of hydrogen-bond donors (Lipinski definition) is 1. The Balaban J connectivity index is 1.74. The minimum Gasteiger partial charge on any atom is -0.381 e. The van der Waals surface area contributed by atoms with Crippen molar-refractivity contribution in [2.45, 2.75) is 19.0 Å². The second-order valence-corrected chi connectivity index (χ2v) is 5.47. The van der Waals surface area contributed by atoms with Crippen molar-refractivity contribution in [1.29, 1.82) is 0 Å². The molecule has 1 aromatic rings. The minimum atomic E-state index is -0.274. The monoisotopic (exact) mass is 278 g/mol. The molecule has 0 saturated carbocycles. The number of carbonyl (C=O) groups excluding carboxylic acids is 1. The summed E-state index contributed by atoms with van der Waals surface area (Å²) in [6.45, 7) is 2.51. The summed E-state index contributed by atoms with van der Waals surface area (Å²) < 4.78 is 18.8. The maximum absolute atomic E-state index is 13.4. The molecule has 1 N–H and O–H groups in total. The minimum absolute atomic E-state index is 0.0739. The van der Waals surface area contributed by atoms with E-state index in [4.69, 9.17) is 4.74 Å². The lowest BCUT2D eigenvalue weighted by molar-refractivity contribution is -0.129. The molecule has 108 valence electrons. The summed E-state index contributed by atoms with van der Waals surface area (Å²) in [5.74, 6) is 0.179. The van der Waals surface area contributed by atoms with E-state index in [9.17, 15) is 9.18 Å². The van der Waals surface area contributed by atoms with Crippen LogP contribution in [0.5, 0.6) is 0 Å². The van der Waals surface area contributed by atoms with E-state index >= 15 is 0 Å². The van der Waals surface area contributed by atoms with Crippen molar-refractivity contribution in [3.05, 3.63) is 35.6 Å². The molecule has 2 unspecified atom stereocenters. The molecule has 2 saturated heterocycles. The van der Waals surface area contributed by atoms with E-state index in [1.165, 1.54) is 12.1 Å². The van der Waals surface area contributed by atoms with Gasteiger partial charge in [0.25, 0.3) is 0 Å². The van der Waals surface area contributed by atoms with E-state index in [1.54, 1.807) is 6.07 Å². The number of nitrogens with zero attached hydrogens (tertiary/aromatic N) is 1. The van der Waals surface area contributed by atoms with Gasteiger partial charge in [0.05, 0.1) is 13.2 Å². The van der Waals surface area contributed by atoms with Crippen molar-refractivity contribution in [3.8, 4) is 0 Å². The average molecular weight is 278 g/mol. The van der Waals surface area contributed by atoms with Gasteiger partial charge >= 0.3 is 0 Å². The summed E-state index contributed by atoms with van der Waals surface area (Å²) in [5.41, 5.74) is 0.799. The molecule has 2 atom stereocenters. The summed E-state index contributed by atoms with van der Waals surface area (Å²) in [4.78, 5) is 13.9. The summed E-state index contributed by atoms with van der Waals surface area (Å²) >= 11 is 0. The predicted octanol–water partition coefficient (Wildman–Crippen LogP) is 1.68. The Bertz CT molecular complexity index is 489. The maximum atomic E-state index is 13.4. The van der Waals surface area contributed by atoms with Crippen LogP contribution < -0.4 is 5.32 Å². The van der Waals surface area contributed by atoms with Crippen LogP contribution in [-0.4, -0.2) is 37.1 Å². The molecule has 0 radical (unpaired) electrons. The zero-order valence-electron chi connectivity index (χ0n) is 11.3. The van der Waals surface area contributed by atoms with Crippen LogP contribution in [-0.2, 0) is 9.53 Å². The van der Waals surface area contributed by atoms with Gasteiger partial charge in [0.1, 0.15) is 12.0 Å². The van der Waals surface area contributed by atoms with Crippen LogP contribution in [0.2, 0.25) is 0 Å². The Morgan fingerprint density at radius 3 is 3.10 bits per heavy atom. The molecule has 1 aromatic carbocycles. The van der Waals surface area contributed by atoms with Gasteiger partial charge in [-0.1, -0.05) is 12.1 Å². The molecule has 20 heavy (non-hydrogen) atoms. The lowest BCUT2D eigenvalue weighted by atomic mass is 10.0. The average Bonchev–Trinajstić information content (AvgIpc) is 2.82. The van der Waals surface area contributed by atoms with Gasteiger partial charge in [-0.3, -0.25) is 10.1 Å². The second-order valence-electron chi connectivity index (χ2n) is 5.47. The van der Waals surface area contributed by atoms with Gasteiger partial charge in [0.15, 0.2) is 0 Å². The number of halogens is 1. The lowest BCUT2D eigenvalue weighted by Gasteiger charge is -2.30. The van der Waals surface area contributed by atoms with Crippen LogP contribution in [0.4, 0.5) is 4.39 Å². The van der Waals surface area contributed by atoms with E-state index in [0.717, 1.165) is 25.0 Å². The summed E-state index contributed by atoms with van der Waals surface area (Å²) in [6, 6.07) is 6.43. The first-order valence-corrected chi connectivity index (χ1v) is 7.10. The van der Waals surface area contributed by atoms with Crippen LogP contribution in [0.25, 0.3) is 0 Å². The summed E-state index contributed by atoms with van der Waals surface area (Å²) in [5, 5.41) is 3.16. The molecule has 0 aliphatic carbocycles. The molecule has 5 heteroatoms. The largest absolute Gasteiger partial charge is 0.381 e. The normalized spacial score (nSPS) is 27.1. The van der Waals surface area contributed by atoms with Crippen molar-refractivity contribution in [2.75, 3.05) is 26.3 Å². The fourth-order valence-electron chi connectivity index (χ4n) is 2.95. The quantitative estimate of drug-likeness (QED) is 0.914. The fourth-order valence-corrected chi connectivity index (χ4v) is 2.95. The molecule has 2 fully saturated rings. The van der Waals surface area contributed by atoms with Gasteiger partial charge < -0.3 is 9.64 Å². The van der Waals surface area contributed by atoms with Crippen LogP contribution in [0.1, 0.15) is 24.6 Å². The third kappa shape index (κ3) is 2.83. The van der Waals surface area contributed by atoms with Crippen molar-refractivity contribution in [2.24, 2.45) is 5.92 Å². The van der Waals surface area contributed by atoms with Gasteiger partial charge in [-0.15, -0.1) is 0 Å². The third-order valence-electron chi connectivity index (χ3n) is 3.95. The fraction of sp³-hybridized carbons (Fsp3) is 0.533. The molecule has 1 amide bonds. The molecular formula is C15H19FN2O2. The molecule has 2 heterocycles. The van der Waals surface area contributed by atoms with E-state index in [1.807, 2.05) is 11.0 Å². The highest BCUT2D eigenvalue weighted by molar-refractivity contribution is 5.81. The van der Waals surface area contributed by atoms with Crippen molar-refractivity contribution in [1.82, 2.24) is 10.2 Å². The Labute approximate surface area is 117 Å². The van der Waals surface area contributed by atoms with Gasteiger partial charge in [0, 0.05) is 19.1 Å². The highest BCUT2D eigenvalue weighted by Crippen LogP contribution is 2.26. The van der Waals surface area contributed by atoms with Gasteiger partial charge in [-0.25, -0.2) is 4.39 Å². The van der Waals surface area contributed by atoms with Crippen molar-refractivity contribution in [3.63, 3.8) is 0 Å². The van der Waals surface area contributed by atoms with Gasteiger partial charge in [-0.05, 0) is 30.5 Å². The van der Waals surface area contributed by atoms with E-state index in [0.29, 0.717) is 25.6 Å². The number of carbonyl (C=O) groups is 1. The smallest absolute Gasteiger partial charge is 0.238 e. The first kappa shape index (κ1) is 13.5. The van der Waals surface area contributed by atoms with Crippen LogP contribution >= 0.6 is 0 Å². The second kappa shape index (κ2) is 5.89. The SMILES string of the molecule is O=C1CNC(c2cccc(F)c2)N1CC1CCCOC1. The number of nitrogens with one attached hydrogen (secondary N) is 1. The first-order valence-electron chi connectivity index (χ1n) is 7.10. The number of benzene rings is 1. The Morgan fingerprint density at radius 2 is 2.35 bits per heavy atom. The Morgan fingerprint density at radius 1 is 1.45 bits per heavy atom. The number of rotatable bonds is 3. The predicted molar refractivity (Wildman–Crippen MR) is 72.4 cm³/mol. The van der Waals surface area contributed by atoms with E-state index < -0.39 is 0 Å². The van der Waals surface area contributed by atoms with E-state index in [-0.39, 0.29) is 17.9 Å². The summed E-state index contributed by atoms with van der Waals surface area (Å²) in [6.07, 6.45) is 1.91. The number of ether oxygens (including phenoxy) is 1. The zero-order chi connectivity index (χ0) is 13.9. The first-order chi connectivity index (χ1) is 9.74. The van der Waals surface area contributed by atoms with Crippen LogP contribution in [0, 0.1) is 11.7 Å². The number of amides is 1. The standard InChI is InChI=1S/C15H19FN2O2/c16-13-5-1-4-12(7-13)15-17-8-14(19)18(15)9-11-3-2-6-20-10-11/h1,4-5,7,11,15,17H,2-3,6,8-10H2. The molecule has 0 spiro atoms. The highest BCUT2D eigenvalue weighted by atomic mass is 19.1. The van der Waals surface area contributed by atoms with Gasteiger partial charge in [0.2, 0.25) is 5.91 Å². The molecule has 3 rings (SSSR count). The van der Waals surface area contributed by atoms with Gasteiger partial charge in [-0.2, -0.15) is 0 Å². The summed E-state index contributed by atoms with van der Waals surface area (Å²) in [7, 11) is 0. The third-order valence-corrected chi connectivity index (χ3v) is 3.95. The molecule has 4 nitrogen and oxygen atoms in total. The molecule has 0 bridgehead atoms. The highest BCUT2D eigenvalue weighted by Gasteiger charge is 2.33. The Hall–Kier alpha value is -1.46. The topological polar surface area (TPSA) is 41.6 Å². The van der Waals surface area contributed by atoms with Crippen LogP contribution in [0.3, 0.4) is 0 Å². The van der Waals surface area contributed by atoms with Crippen LogP contribution in [0.15, 0.2) is 24.3 Å². The number of hydrogen-bond acceptors (Lipinski definition) is 3. The zero-order valence-corrected chi connectivity index (χ0v) is 11.3. The van der Waals surface area contributed by atoms with Crippen molar-refractivity contribution >= 4 is 5.91 Å². The van der Waals surface area contributed by atoms with E-state index in [2.05, 4.69) is 5.32 Å². The molecular weight excluding hydrogens is 259 g/mol. The Kier molecular flexibility index (Phi) is 3.98. The van der Waals surface area contributed by atoms with Crippen molar-refractivity contribution < 1.29 is 13.9 Å². The lowest BCUT2D eigenvalue weighted by Crippen LogP contribution is -2.37. The maximum Gasteiger partial charge on any atom is 0.238 e.